The number of methoxy groups -OCH3 is 1. The van der Waals surface area contributed by atoms with Crippen molar-refractivity contribution in [2.75, 3.05) is 26.1 Å². The summed E-state index contributed by atoms with van der Waals surface area (Å²) in [5.41, 5.74) is 7.79. The van der Waals surface area contributed by atoms with Gasteiger partial charge < -0.3 is 19.8 Å². The highest BCUT2D eigenvalue weighted by Crippen LogP contribution is 2.27. The molecule has 0 atom stereocenters. The first-order chi connectivity index (χ1) is 8.77. The number of hydrogen-bond donors (Lipinski definition) is 1. The molecule has 2 N–H and O–H groups in total. The molecular formula is C13H19N3O2. The summed E-state index contributed by atoms with van der Waals surface area (Å²) in [7, 11) is 1.70. The first-order valence-corrected chi connectivity index (χ1v) is 6.14. The van der Waals surface area contributed by atoms with E-state index in [0.29, 0.717) is 19.2 Å². The number of aromatic nitrogens is 2. The summed E-state index contributed by atoms with van der Waals surface area (Å²) in [6, 6.07) is 5.88. The van der Waals surface area contributed by atoms with E-state index in [2.05, 4.69) is 4.98 Å². The third kappa shape index (κ3) is 2.41. The largest absolute Gasteiger partial charge is 0.492 e. The van der Waals surface area contributed by atoms with Gasteiger partial charge in [0.15, 0.2) is 0 Å². The molecule has 2 aromatic rings. The monoisotopic (exact) mass is 249 g/mol. The van der Waals surface area contributed by atoms with E-state index >= 15 is 0 Å². The van der Waals surface area contributed by atoms with Gasteiger partial charge in [-0.3, -0.25) is 0 Å². The number of aryl methyl sites for hydroxylation is 1. The molecule has 0 unspecified atom stereocenters. The fourth-order valence-electron chi connectivity index (χ4n) is 2.01. The minimum Gasteiger partial charge on any atom is -0.492 e. The van der Waals surface area contributed by atoms with Crippen molar-refractivity contribution >= 4 is 17.0 Å². The fourth-order valence-corrected chi connectivity index (χ4v) is 2.01. The zero-order valence-corrected chi connectivity index (χ0v) is 10.8. The Morgan fingerprint density at radius 1 is 1.39 bits per heavy atom. The maximum absolute atomic E-state index is 5.96. The molecule has 0 spiro atoms. The number of anilines is 1. The molecule has 0 radical (unpaired) electrons. The average molecular weight is 249 g/mol. The van der Waals surface area contributed by atoms with Gasteiger partial charge in [-0.05, 0) is 25.5 Å². The van der Waals surface area contributed by atoms with Crippen LogP contribution in [0.2, 0.25) is 0 Å². The predicted octanol–water partition coefficient (Wildman–Crippen LogP) is 2.05. The molecule has 1 heterocycles. The molecule has 0 aliphatic heterocycles. The first-order valence-electron chi connectivity index (χ1n) is 6.14. The molecule has 0 bridgehead atoms. The Balaban J connectivity index is 2.35. The third-order valence-corrected chi connectivity index (χ3v) is 2.80. The van der Waals surface area contributed by atoms with Gasteiger partial charge in [-0.25, -0.2) is 4.98 Å². The Morgan fingerprint density at radius 3 is 2.94 bits per heavy atom. The summed E-state index contributed by atoms with van der Waals surface area (Å²) in [5, 5.41) is 0. The van der Waals surface area contributed by atoms with Crippen LogP contribution in [-0.4, -0.2) is 29.9 Å². The second kappa shape index (κ2) is 5.73. The van der Waals surface area contributed by atoms with Crippen LogP contribution in [0.25, 0.3) is 11.0 Å². The van der Waals surface area contributed by atoms with Crippen molar-refractivity contribution in [2.24, 2.45) is 0 Å². The Kier molecular flexibility index (Phi) is 4.04. The number of nitrogen functional groups attached to an aromatic ring is 1. The lowest BCUT2D eigenvalue weighted by molar-refractivity contribution is 0.191. The summed E-state index contributed by atoms with van der Waals surface area (Å²) < 4.78 is 12.6. The molecule has 5 nitrogen and oxygen atoms in total. The number of nitrogens with two attached hydrogens (primary N) is 1. The van der Waals surface area contributed by atoms with Crippen molar-refractivity contribution in [1.82, 2.24) is 9.55 Å². The van der Waals surface area contributed by atoms with Gasteiger partial charge in [0.2, 0.25) is 5.95 Å². The van der Waals surface area contributed by atoms with E-state index < -0.39 is 0 Å². The second-order valence-corrected chi connectivity index (χ2v) is 4.02. The summed E-state index contributed by atoms with van der Waals surface area (Å²) in [5.74, 6) is 1.31. The van der Waals surface area contributed by atoms with Gasteiger partial charge in [0.05, 0.1) is 12.1 Å². The molecular weight excluding hydrogens is 230 g/mol. The number of imidazole rings is 1. The van der Waals surface area contributed by atoms with E-state index in [9.17, 15) is 0 Å². The van der Waals surface area contributed by atoms with Crippen LogP contribution >= 0.6 is 0 Å². The summed E-state index contributed by atoms with van der Waals surface area (Å²) in [6.07, 6.45) is 0.908. The average Bonchev–Trinajstić information content (AvgIpc) is 2.68. The molecule has 1 aromatic carbocycles. The molecule has 0 fully saturated rings. The van der Waals surface area contributed by atoms with Crippen LogP contribution in [0.15, 0.2) is 18.2 Å². The van der Waals surface area contributed by atoms with Crippen LogP contribution in [0, 0.1) is 0 Å². The highest BCUT2D eigenvalue weighted by atomic mass is 16.5. The van der Waals surface area contributed by atoms with E-state index in [4.69, 9.17) is 15.2 Å². The van der Waals surface area contributed by atoms with Gasteiger partial charge in [0.1, 0.15) is 11.3 Å². The van der Waals surface area contributed by atoms with E-state index in [1.54, 1.807) is 7.11 Å². The van der Waals surface area contributed by atoms with Crippen LogP contribution < -0.4 is 10.5 Å². The van der Waals surface area contributed by atoms with Crippen LogP contribution in [-0.2, 0) is 11.3 Å². The third-order valence-electron chi connectivity index (χ3n) is 2.80. The fraction of sp³-hybridized carbons (Fsp3) is 0.462. The number of nitrogens with zero attached hydrogens (tertiary/aromatic N) is 2. The lowest BCUT2D eigenvalue weighted by Gasteiger charge is -2.06. The van der Waals surface area contributed by atoms with Crippen molar-refractivity contribution in [1.29, 1.82) is 0 Å². The van der Waals surface area contributed by atoms with Crippen molar-refractivity contribution < 1.29 is 9.47 Å². The minimum absolute atomic E-state index is 0.522. The van der Waals surface area contributed by atoms with E-state index in [1.807, 2.05) is 29.7 Å². The van der Waals surface area contributed by atoms with Crippen molar-refractivity contribution in [3.05, 3.63) is 18.2 Å². The van der Waals surface area contributed by atoms with Crippen LogP contribution in [0.5, 0.6) is 5.75 Å². The van der Waals surface area contributed by atoms with Crippen LogP contribution in [0.3, 0.4) is 0 Å². The zero-order valence-electron chi connectivity index (χ0n) is 10.8. The van der Waals surface area contributed by atoms with Crippen molar-refractivity contribution in [2.45, 2.75) is 19.9 Å². The number of benzene rings is 1. The maximum atomic E-state index is 5.96. The van der Waals surface area contributed by atoms with Gasteiger partial charge in [0.25, 0.3) is 0 Å². The summed E-state index contributed by atoms with van der Waals surface area (Å²) >= 11 is 0. The van der Waals surface area contributed by atoms with E-state index in [-0.39, 0.29) is 0 Å². The lowest BCUT2D eigenvalue weighted by atomic mass is 10.3. The molecule has 0 saturated heterocycles. The number of hydrogen-bond acceptors (Lipinski definition) is 4. The Morgan fingerprint density at radius 2 is 2.22 bits per heavy atom. The second-order valence-electron chi connectivity index (χ2n) is 4.02. The Bertz CT molecular complexity index is 522. The van der Waals surface area contributed by atoms with Crippen molar-refractivity contribution in [3.8, 4) is 5.75 Å². The Hall–Kier alpha value is -1.75. The highest BCUT2D eigenvalue weighted by molar-refractivity contribution is 5.84. The summed E-state index contributed by atoms with van der Waals surface area (Å²) in [4.78, 5) is 4.39. The Labute approximate surface area is 107 Å². The minimum atomic E-state index is 0.522. The van der Waals surface area contributed by atoms with E-state index in [0.717, 1.165) is 29.7 Å². The van der Waals surface area contributed by atoms with Crippen LogP contribution in [0.4, 0.5) is 5.95 Å². The topological polar surface area (TPSA) is 62.3 Å². The first kappa shape index (κ1) is 12.7. The normalized spacial score (nSPS) is 11.0. The molecule has 2 rings (SSSR count). The molecule has 98 valence electrons. The van der Waals surface area contributed by atoms with Crippen molar-refractivity contribution in [3.63, 3.8) is 0 Å². The molecule has 18 heavy (non-hydrogen) atoms. The van der Waals surface area contributed by atoms with Gasteiger partial charge >= 0.3 is 0 Å². The predicted molar refractivity (Wildman–Crippen MR) is 71.8 cm³/mol. The van der Waals surface area contributed by atoms with E-state index in [1.165, 1.54) is 0 Å². The number of para-hydroxylation sites is 1. The quantitative estimate of drug-likeness (QED) is 0.796. The summed E-state index contributed by atoms with van der Waals surface area (Å²) in [6.45, 7) is 4.09. The molecule has 0 aliphatic carbocycles. The molecule has 0 amide bonds. The van der Waals surface area contributed by atoms with Gasteiger partial charge in [0, 0.05) is 20.3 Å². The van der Waals surface area contributed by atoms with Gasteiger partial charge in [-0.15, -0.1) is 0 Å². The molecule has 1 aromatic heterocycles. The van der Waals surface area contributed by atoms with Gasteiger partial charge in [-0.2, -0.15) is 0 Å². The smallest absolute Gasteiger partial charge is 0.201 e. The SMILES string of the molecule is CCOc1cccc2c1nc(N)n2CCCOC. The molecule has 0 saturated carbocycles. The lowest BCUT2D eigenvalue weighted by Crippen LogP contribution is -2.05. The molecule has 5 heteroatoms. The number of fused-ring (bicyclic) bond motifs is 1. The number of rotatable bonds is 6. The highest BCUT2D eigenvalue weighted by Gasteiger charge is 2.11. The zero-order chi connectivity index (χ0) is 13.0. The maximum Gasteiger partial charge on any atom is 0.201 e. The van der Waals surface area contributed by atoms with Gasteiger partial charge in [-0.1, -0.05) is 6.07 Å². The standard InChI is InChI=1S/C13H19N3O2/c1-3-18-11-7-4-6-10-12(11)15-13(14)16(10)8-5-9-17-2/h4,6-7H,3,5,8-9H2,1-2H3,(H2,14,15). The van der Waals surface area contributed by atoms with Crippen LogP contribution in [0.1, 0.15) is 13.3 Å². The number of ether oxygens (including phenoxy) is 2. The molecule has 0 aliphatic rings.